The summed E-state index contributed by atoms with van der Waals surface area (Å²) in [4.78, 5) is 24.3. The highest BCUT2D eigenvalue weighted by Crippen LogP contribution is 2.33. The molecule has 146 valence electrons. The fourth-order valence-electron chi connectivity index (χ4n) is 3.27. The summed E-state index contributed by atoms with van der Waals surface area (Å²) >= 11 is 1.53. The SMILES string of the molecule is COc1cccc(C(=O)N(Cc2ccccn2)c2nc3cc(C)cc(C)c3s2)c1. The summed E-state index contributed by atoms with van der Waals surface area (Å²) in [6.45, 7) is 4.47. The summed E-state index contributed by atoms with van der Waals surface area (Å²) in [5.74, 6) is 0.507. The molecule has 0 unspecified atom stereocenters. The first-order chi connectivity index (χ1) is 14.0. The molecule has 0 radical (unpaired) electrons. The van der Waals surface area contributed by atoms with Gasteiger partial charge in [0.15, 0.2) is 5.13 Å². The van der Waals surface area contributed by atoms with Crippen molar-refractivity contribution in [1.82, 2.24) is 9.97 Å². The number of thiazole rings is 1. The number of fused-ring (bicyclic) bond motifs is 1. The first-order valence-corrected chi connectivity index (χ1v) is 10.1. The van der Waals surface area contributed by atoms with E-state index < -0.39 is 0 Å². The normalized spacial score (nSPS) is 10.9. The van der Waals surface area contributed by atoms with Crippen molar-refractivity contribution in [3.05, 3.63) is 83.2 Å². The molecule has 4 rings (SSSR count). The Kier molecular flexibility index (Phi) is 5.27. The Morgan fingerprint density at radius 2 is 1.97 bits per heavy atom. The minimum Gasteiger partial charge on any atom is -0.497 e. The van der Waals surface area contributed by atoms with Gasteiger partial charge in [0, 0.05) is 11.8 Å². The van der Waals surface area contributed by atoms with E-state index in [1.165, 1.54) is 11.3 Å². The summed E-state index contributed by atoms with van der Waals surface area (Å²) < 4.78 is 6.38. The summed E-state index contributed by atoms with van der Waals surface area (Å²) in [7, 11) is 1.59. The van der Waals surface area contributed by atoms with Gasteiger partial charge in [0.25, 0.3) is 5.91 Å². The second kappa shape index (κ2) is 8.01. The number of carbonyl (C=O) groups excluding carboxylic acids is 1. The van der Waals surface area contributed by atoms with Crippen LogP contribution in [0.4, 0.5) is 5.13 Å². The molecule has 0 N–H and O–H groups in total. The van der Waals surface area contributed by atoms with Gasteiger partial charge >= 0.3 is 0 Å². The molecular formula is C23H21N3O2S. The van der Waals surface area contributed by atoms with Gasteiger partial charge < -0.3 is 4.74 Å². The number of hydrogen-bond donors (Lipinski definition) is 0. The first-order valence-electron chi connectivity index (χ1n) is 9.29. The van der Waals surface area contributed by atoms with E-state index in [0.29, 0.717) is 23.0 Å². The third-order valence-corrected chi connectivity index (χ3v) is 5.88. The van der Waals surface area contributed by atoms with Gasteiger partial charge in [0.1, 0.15) is 5.75 Å². The standard InChI is InChI=1S/C23H21N3O2S/c1-15-11-16(2)21-20(12-15)25-23(29-21)26(14-18-8-4-5-10-24-18)22(27)17-7-6-9-19(13-17)28-3/h4-13H,14H2,1-3H3. The third kappa shape index (κ3) is 3.98. The van der Waals surface area contributed by atoms with Crippen LogP contribution in [-0.4, -0.2) is 23.0 Å². The number of anilines is 1. The molecule has 6 heteroatoms. The maximum Gasteiger partial charge on any atom is 0.260 e. The van der Waals surface area contributed by atoms with Crippen LogP contribution in [0.3, 0.4) is 0 Å². The Labute approximate surface area is 173 Å². The lowest BCUT2D eigenvalue weighted by Crippen LogP contribution is -2.30. The van der Waals surface area contributed by atoms with Crippen molar-refractivity contribution in [2.75, 3.05) is 12.0 Å². The van der Waals surface area contributed by atoms with E-state index in [9.17, 15) is 4.79 Å². The lowest BCUT2D eigenvalue weighted by molar-refractivity contribution is 0.0984. The minimum atomic E-state index is -0.136. The van der Waals surface area contributed by atoms with E-state index in [1.54, 1.807) is 30.3 Å². The fourth-order valence-corrected chi connectivity index (χ4v) is 4.29. The van der Waals surface area contributed by atoms with E-state index in [2.05, 4.69) is 31.0 Å². The van der Waals surface area contributed by atoms with Gasteiger partial charge in [0.05, 0.1) is 29.6 Å². The smallest absolute Gasteiger partial charge is 0.260 e. The van der Waals surface area contributed by atoms with Crippen LogP contribution in [-0.2, 0) is 6.54 Å². The zero-order valence-electron chi connectivity index (χ0n) is 16.5. The zero-order valence-corrected chi connectivity index (χ0v) is 17.4. The molecule has 1 amide bonds. The summed E-state index contributed by atoms with van der Waals surface area (Å²) in [5, 5.41) is 0.659. The molecule has 5 nitrogen and oxygen atoms in total. The molecule has 0 bridgehead atoms. The number of hydrogen-bond acceptors (Lipinski definition) is 5. The monoisotopic (exact) mass is 403 g/mol. The van der Waals surface area contributed by atoms with Crippen molar-refractivity contribution in [1.29, 1.82) is 0 Å². The van der Waals surface area contributed by atoms with Crippen LogP contribution >= 0.6 is 11.3 Å². The topological polar surface area (TPSA) is 55.3 Å². The molecule has 0 aliphatic heterocycles. The number of ether oxygens (including phenoxy) is 1. The van der Waals surface area contributed by atoms with Gasteiger partial charge in [-0.2, -0.15) is 0 Å². The highest BCUT2D eigenvalue weighted by molar-refractivity contribution is 7.22. The summed E-state index contributed by atoms with van der Waals surface area (Å²) in [5.41, 5.74) is 4.58. The Balaban J connectivity index is 1.79. The van der Waals surface area contributed by atoms with Crippen LogP contribution in [0.1, 0.15) is 27.2 Å². The van der Waals surface area contributed by atoms with E-state index in [1.807, 2.05) is 30.3 Å². The number of aromatic nitrogens is 2. The molecular weight excluding hydrogens is 382 g/mol. The van der Waals surface area contributed by atoms with E-state index in [4.69, 9.17) is 9.72 Å². The number of aryl methyl sites for hydroxylation is 2. The Morgan fingerprint density at radius 1 is 1.10 bits per heavy atom. The van der Waals surface area contributed by atoms with Crippen LogP contribution in [0, 0.1) is 13.8 Å². The van der Waals surface area contributed by atoms with E-state index in [0.717, 1.165) is 27.0 Å². The Bertz CT molecular complexity index is 1170. The highest BCUT2D eigenvalue weighted by atomic mass is 32.1. The number of amides is 1. The van der Waals surface area contributed by atoms with Crippen LogP contribution in [0.5, 0.6) is 5.75 Å². The average molecular weight is 404 g/mol. The molecule has 2 heterocycles. The van der Waals surface area contributed by atoms with Crippen molar-refractivity contribution >= 4 is 32.6 Å². The summed E-state index contributed by atoms with van der Waals surface area (Å²) in [6.07, 6.45) is 1.73. The van der Waals surface area contributed by atoms with Gasteiger partial charge in [-0.3, -0.25) is 14.7 Å². The van der Waals surface area contributed by atoms with Crippen molar-refractivity contribution in [2.45, 2.75) is 20.4 Å². The molecule has 0 fully saturated rings. The van der Waals surface area contributed by atoms with Crippen LogP contribution in [0.2, 0.25) is 0 Å². The molecule has 4 aromatic rings. The Hall–Kier alpha value is -3.25. The molecule has 0 aliphatic carbocycles. The molecule has 2 aromatic heterocycles. The lowest BCUT2D eigenvalue weighted by atomic mass is 10.1. The van der Waals surface area contributed by atoms with Gasteiger partial charge in [-0.15, -0.1) is 0 Å². The number of pyridine rings is 1. The van der Waals surface area contributed by atoms with E-state index in [-0.39, 0.29) is 5.91 Å². The number of rotatable bonds is 5. The molecule has 0 aliphatic rings. The second-order valence-electron chi connectivity index (χ2n) is 6.87. The first kappa shape index (κ1) is 19.1. The van der Waals surface area contributed by atoms with Crippen LogP contribution < -0.4 is 9.64 Å². The maximum atomic E-state index is 13.5. The van der Waals surface area contributed by atoms with Crippen LogP contribution in [0.25, 0.3) is 10.2 Å². The lowest BCUT2D eigenvalue weighted by Gasteiger charge is -2.20. The molecule has 2 aromatic carbocycles. The predicted molar refractivity (Wildman–Crippen MR) is 117 cm³/mol. The average Bonchev–Trinajstić information content (AvgIpc) is 3.16. The van der Waals surface area contributed by atoms with Crippen molar-refractivity contribution < 1.29 is 9.53 Å². The molecule has 0 saturated carbocycles. The molecule has 0 atom stereocenters. The van der Waals surface area contributed by atoms with E-state index >= 15 is 0 Å². The largest absolute Gasteiger partial charge is 0.497 e. The van der Waals surface area contributed by atoms with Crippen LogP contribution in [0.15, 0.2) is 60.8 Å². The number of carbonyl (C=O) groups is 1. The predicted octanol–water partition coefficient (Wildman–Crippen LogP) is 5.16. The Morgan fingerprint density at radius 3 is 2.72 bits per heavy atom. The van der Waals surface area contributed by atoms with Crippen molar-refractivity contribution in [2.24, 2.45) is 0 Å². The zero-order chi connectivity index (χ0) is 20.4. The maximum absolute atomic E-state index is 13.5. The second-order valence-corrected chi connectivity index (χ2v) is 7.85. The van der Waals surface area contributed by atoms with Gasteiger partial charge in [0.2, 0.25) is 0 Å². The molecule has 29 heavy (non-hydrogen) atoms. The van der Waals surface area contributed by atoms with Gasteiger partial charge in [-0.1, -0.05) is 29.5 Å². The van der Waals surface area contributed by atoms with Crippen molar-refractivity contribution in [3.8, 4) is 5.75 Å². The number of methoxy groups -OCH3 is 1. The third-order valence-electron chi connectivity index (χ3n) is 4.65. The summed E-state index contributed by atoms with van der Waals surface area (Å²) in [6, 6.07) is 17.1. The fraction of sp³-hybridized carbons (Fsp3) is 0.174. The molecule has 0 spiro atoms. The quantitative estimate of drug-likeness (QED) is 0.462. The number of benzene rings is 2. The van der Waals surface area contributed by atoms with Gasteiger partial charge in [-0.25, -0.2) is 4.98 Å². The molecule has 0 saturated heterocycles. The van der Waals surface area contributed by atoms with Gasteiger partial charge in [-0.05, 0) is 61.4 Å². The van der Waals surface area contributed by atoms with Crippen molar-refractivity contribution in [3.63, 3.8) is 0 Å². The minimum absolute atomic E-state index is 0.136. The highest BCUT2D eigenvalue weighted by Gasteiger charge is 2.23. The number of nitrogens with zero attached hydrogens (tertiary/aromatic N) is 3.